The maximum atomic E-state index is 14.2. The lowest BCUT2D eigenvalue weighted by molar-refractivity contribution is -0.124. The van der Waals surface area contributed by atoms with Crippen molar-refractivity contribution < 1.29 is 29.0 Å². The molecule has 2 saturated carbocycles. The number of rotatable bonds is 6. The second-order valence-corrected chi connectivity index (χ2v) is 15.8. The van der Waals surface area contributed by atoms with E-state index in [0.717, 1.165) is 69.1 Å². The van der Waals surface area contributed by atoms with E-state index >= 15 is 0 Å². The smallest absolute Gasteiger partial charge is 0.410 e. The van der Waals surface area contributed by atoms with Gasteiger partial charge in [0.1, 0.15) is 10.5 Å². The summed E-state index contributed by atoms with van der Waals surface area (Å²) in [5.74, 6) is 5.93. The zero-order valence-electron chi connectivity index (χ0n) is 27.0. The first kappa shape index (κ1) is 33.3. The van der Waals surface area contributed by atoms with E-state index in [4.69, 9.17) is 9.47 Å². The van der Waals surface area contributed by atoms with Gasteiger partial charge >= 0.3 is 12.1 Å². The Balaban J connectivity index is 1.48. The number of carbonyl (C=O) groups is 3. The molecule has 238 valence electrons. The summed E-state index contributed by atoms with van der Waals surface area (Å²) in [5.41, 5.74) is -0.257. The summed E-state index contributed by atoms with van der Waals surface area (Å²) >= 11 is 1.16. The lowest BCUT2D eigenvalue weighted by Crippen LogP contribution is -2.47. The van der Waals surface area contributed by atoms with Crippen LogP contribution in [0.1, 0.15) is 121 Å². The van der Waals surface area contributed by atoms with E-state index in [1.165, 1.54) is 0 Å². The second-order valence-electron chi connectivity index (χ2n) is 14.7. The maximum Gasteiger partial charge on any atom is 0.410 e. The molecule has 1 atom stereocenters. The maximum absolute atomic E-state index is 14.2. The van der Waals surface area contributed by atoms with Crippen molar-refractivity contribution in [2.24, 2.45) is 17.3 Å². The van der Waals surface area contributed by atoms with Crippen LogP contribution in [0.3, 0.4) is 0 Å². The number of likely N-dealkylation sites (tertiary alicyclic amines) is 1. The number of hydrogen-bond acceptors (Lipinski definition) is 6. The second kappa shape index (κ2) is 13.6. The molecule has 8 nitrogen and oxygen atoms in total. The van der Waals surface area contributed by atoms with Gasteiger partial charge in [0.05, 0.1) is 29.3 Å². The van der Waals surface area contributed by atoms with Gasteiger partial charge in [-0.05, 0) is 111 Å². The molecule has 3 fully saturated rings. The standard InChI is InChI=1S/C34H50N2O6S/c1-22-8-10-23(11-9-22)30(37)36(28-20-27(16-18-33(2,3)4)43-29(28)31(38)39)24-12-14-25(15-13-24)41-26-17-19-35(21-26)32(40)42-34(5,6)7/h20,22-26H,8-15,17,19,21H2,1-7H3,(H,38,39)/t22-,23-,24-,25-,26-/m1/s1. The Bertz CT molecular complexity index is 1220. The SMILES string of the molecule is CC(C)(C)C#Cc1cc(N(C(=O)[C@H]2CC[C@H](C)CC2)[C@H]2CC[C@H](O[C@@H]3CCN(C(=O)OC(C)(C)C)C3)CC2)c(C(=O)O)s1. The number of nitrogens with zero attached hydrogens (tertiary/aromatic N) is 2. The molecule has 0 spiro atoms. The molecule has 1 N–H and O–H groups in total. The summed E-state index contributed by atoms with van der Waals surface area (Å²) in [5, 5.41) is 10.2. The zero-order chi connectivity index (χ0) is 31.5. The van der Waals surface area contributed by atoms with Crippen LogP contribution in [0, 0.1) is 29.1 Å². The normalized spacial score (nSPS) is 26.4. The Hall–Kier alpha value is -2.57. The van der Waals surface area contributed by atoms with E-state index in [1.54, 1.807) is 4.90 Å². The number of thiophene rings is 1. The van der Waals surface area contributed by atoms with Crippen molar-refractivity contribution in [2.75, 3.05) is 18.0 Å². The lowest BCUT2D eigenvalue weighted by Gasteiger charge is -2.40. The minimum Gasteiger partial charge on any atom is -0.477 e. The molecule has 2 aliphatic carbocycles. The minimum atomic E-state index is -1.02. The van der Waals surface area contributed by atoms with Crippen molar-refractivity contribution in [1.29, 1.82) is 0 Å². The number of hydrogen-bond donors (Lipinski definition) is 1. The van der Waals surface area contributed by atoms with Gasteiger partial charge in [-0.15, -0.1) is 11.3 Å². The Labute approximate surface area is 261 Å². The van der Waals surface area contributed by atoms with Crippen molar-refractivity contribution >= 4 is 35.0 Å². The van der Waals surface area contributed by atoms with E-state index in [1.807, 2.05) is 52.5 Å². The van der Waals surface area contributed by atoms with Crippen LogP contribution in [-0.4, -0.2) is 64.9 Å². The van der Waals surface area contributed by atoms with Crippen molar-refractivity contribution in [2.45, 2.75) is 130 Å². The Morgan fingerprint density at radius 2 is 1.60 bits per heavy atom. The molecular formula is C34H50N2O6S. The summed E-state index contributed by atoms with van der Waals surface area (Å²) in [6.45, 7) is 15.0. The van der Waals surface area contributed by atoms with Gasteiger partial charge in [0, 0.05) is 23.9 Å². The van der Waals surface area contributed by atoms with Crippen LogP contribution >= 0.6 is 11.3 Å². The molecule has 0 radical (unpaired) electrons. The molecule has 1 aromatic rings. The molecule has 9 heteroatoms. The van der Waals surface area contributed by atoms with Crippen LogP contribution in [0.25, 0.3) is 0 Å². The predicted octanol–water partition coefficient (Wildman–Crippen LogP) is 7.34. The minimum absolute atomic E-state index is 0.0320. The van der Waals surface area contributed by atoms with Gasteiger partial charge in [-0.1, -0.05) is 18.8 Å². The predicted molar refractivity (Wildman–Crippen MR) is 170 cm³/mol. The summed E-state index contributed by atoms with van der Waals surface area (Å²) in [6, 6.07) is 1.73. The highest BCUT2D eigenvalue weighted by molar-refractivity contribution is 7.15. The molecule has 0 unspecified atom stereocenters. The third kappa shape index (κ3) is 9.21. The average Bonchev–Trinajstić information content (AvgIpc) is 3.55. The first-order valence-electron chi connectivity index (χ1n) is 16.0. The highest BCUT2D eigenvalue weighted by Gasteiger charge is 2.39. The van der Waals surface area contributed by atoms with Gasteiger partial charge in [0.2, 0.25) is 5.91 Å². The fourth-order valence-corrected chi connectivity index (χ4v) is 7.11. The average molecular weight is 615 g/mol. The Kier molecular flexibility index (Phi) is 10.5. The number of ether oxygens (including phenoxy) is 2. The molecule has 1 aliphatic heterocycles. The highest BCUT2D eigenvalue weighted by atomic mass is 32.1. The van der Waals surface area contributed by atoms with Crippen LogP contribution in [0.15, 0.2) is 6.07 Å². The first-order chi connectivity index (χ1) is 20.1. The number of carbonyl (C=O) groups excluding carboxylic acids is 2. The van der Waals surface area contributed by atoms with Gasteiger partial charge in [-0.3, -0.25) is 4.79 Å². The number of carboxylic acid groups (broad SMARTS) is 1. The Morgan fingerprint density at radius 3 is 2.19 bits per heavy atom. The molecule has 1 saturated heterocycles. The number of amides is 2. The van der Waals surface area contributed by atoms with E-state index in [9.17, 15) is 19.5 Å². The molecule has 2 heterocycles. The third-order valence-corrected chi connectivity index (χ3v) is 9.55. The zero-order valence-corrected chi connectivity index (χ0v) is 27.8. The van der Waals surface area contributed by atoms with Crippen molar-refractivity contribution in [3.63, 3.8) is 0 Å². The van der Waals surface area contributed by atoms with E-state index in [-0.39, 0.29) is 46.5 Å². The van der Waals surface area contributed by atoms with Crippen molar-refractivity contribution in [3.05, 3.63) is 15.8 Å². The molecule has 2 amide bonds. The Morgan fingerprint density at radius 1 is 0.953 bits per heavy atom. The van der Waals surface area contributed by atoms with Gasteiger partial charge in [0.15, 0.2) is 0 Å². The van der Waals surface area contributed by atoms with Gasteiger partial charge in [0.25, 0.3) is 0 Å². The quantitative estimate of drug-likeness (QED) is 0.337. The fourth-order valence-electron chi connectivity index (χ4n) is 6.27. The molecule has 0 bridgehead atoms. The van der Waals surface area contributed by atoms with Gasteiger partial charge in [-0.25, -0.2) is 9.59 Å². The summed E-state index contributed by atoms with van der Waals surface area (Å²) in [4.78, 5) is 43.5. The summed E-state index contributed by atoms with van der Waals surface area (Å²) < 4.78 is 12.0. The lowest BCUT2D eigenvalue weighted by atomic mass is 9.81. The summed E-state index contributed by atoms with van der Waals surface area (Å²) in [6.07, 6.45) is 7.24. The fraction of sp³-hybridized carbons (Fsp3) is 0.735. The number of anilines is 1. The van der Waals surface area contributed by atoms with Gasteiger partial charge < -0.3 is 24.4 Å². The van der Waals surface area contributed by atoms with Crippen molar-refractivity contribution in [1.82, 2.24) is 4.90 Å². The largest absolute Gasteiger partial charge is 0.477 e. The number of carboxylic acids is 1. The first-order valence-corrected chi connectivity index (χ1v) is 16.8. The van der Waals surface area contributed by atoms with Crippen LogP contribution in [0.5, 0.6) is 0 Å². The molecule has 43 heavy (non-hydrogen) atoms. The van der Waals surface area contributed by atoms with E-state index in [2.05, 4.69) is 18.8 Å². The van der Waals surface area contributed by atoms with Crippen molar-refractivity contribution in [3.8, 4) is 11.8 Å². The van der Waals surface area contributed by atoms with Gasteiger partial charge in [-0.2, -0.15) is 0 Å². The van der Waals surface area contributed by atoms with Crippen LogP contribution < -0.4 is 4.90 Å². The highest BCUT2D eigenvalue weighted by Crippen LogP contribution is 2.39. The van der Waals surface area contributed by atoms with Crippen LogP contribution in [-0.2, 0) is 14.3 Å². The topological polar surface area (TPSA) is 96.4 Å². The van der Waals surface area contributed by atoms with Crippen LogP contribution in [0.4, 0.5) is 10.5 Å². The molecular weight excluding hydrogens is 564 g/mol. The summed E-state index contributed by atoms with van der Waals surface area (Å²) in [7, 11) is 0. The van der Waals surface area contributed by atoms with E-state index < -0.39 is 11.6 Å². The monoisotopic (exact) mass is 614 g/mol. The molecule has 1 aromatic heterocycles. The van der Waals surface area contributed by atoms with E-state index in [0.29, 0.717) is 29.6 Å². The molecule has 3 aliphatic rings. The molecule has 4 rings (SSSR count). The molecule has 0 aromatic carbocycles. The van der Waals surface area contributed by atoms with Crippen LogP contribution in [0.2, 0.25) is 0 Å². The number of aromatic carboxylic acids is 1. The third-order valence-electron chi connectivity index (χ3n) is 8.52.